The van der Waals surface area contributed by atoms with Crippen LogP contribution in [0.25, 0.3) is 0 Å². The molecule has 0 aliphatic rings. The van der Waals surface area contributed by atoms with E-state index in [1.54, 1.807) is 36.1 Å². The number of nitrogens with zero attached hydrogens (tertiary/aromatic N) is 2. The lowest BCUT2D eigenvalue weighted by atomic mass is 10.2. The third-order valence-electron chi connectivity index (χ3n) is 2.92. The molecule has 0 spiro atoms. The van der Waals surface area contributed by atoms with Gasteiger partial charge < -0.3 is 9.30 Å². The van der Waals surface area contributed by atoms with Crippen molar-refractivity contribution < 1.29 is 17.9 Å². The highest BCUT2D eigenvalue weighted by Gasteiger charge is 2.22. The molecule has 7 nitrogen and oxygen atoms in total. The number of aryl methyl sites for hydroxylation is 1. The van der Waals surface area contributed by atoms with Crippen LogP contribution in [0.3, 0.4) is 0 Å². The van der Waals surface area contributed by atoms with E-state index in [0.717, 1.165) is 0 Å². The molecule has 0 atom stereocenters. The summed E-state index contributed by atoms with van der Waals surface area (Å²) in [5.41, 5.74) is -0.00709. The Hall–Kier alpha value is -2.19. The second-order valence-corrected chi connectivity index (χ2v) is 6.00. The van der Waals surface area contributed by atoms with Crippen LogP contribution in [-0.4, -0.2) is 31.0 Å². The Labute approximate surface area is 122 Å². The van der Waals surface area contributed by atoms with Crippen molar-refractivity contribution in [2.24, 2.45) is 7.05 Å². The first kappa shape index (κ1) is 15.2. The van der Waals surface area contributed by atoms with Gasteiger partial charge in [0.2, 0.25) is 10.0 Å². The maximum Gasteiger partial charge on any atom is 0.339 e. The third-order valence-corrected chi connectivity index (χ3v) is 4.38. The number of benzene rings is 1. The van der Waals surface area contributed by atoms with Gasteiger partial charge in [-0.1, -0.05) is 12.1 Å². The lowest BCUT2D eigenvalue weighted by molar-refractivity contribution is 0.0596. The van der Waals surface area contributed by atoms with E-state index in [9.17, 15) is 13.2 Å². The number of carbonyl (C=O) groups excluding carboxylic acids is 1. The molecular formula is C13H15N3O4S. The number of carbonyl (C=O) groups is 1. The highest BCUT2D eigenvalue weighted by molar-refractivity contribution is 7.89. The quantitative estimate of drug-likeness (QED) is 0.821. The van der Waals surface area contributed by atoms with Crippen LogP contribution in [0.4, 0.5) is 0 Å². The van der Waals surface area contributed by atoms with Crippen LogP contribution in [0.2, 0.25) is 0 Å². The van der Waals surface area contributed by atoms with Crippen molar-refractivity contribution in [3.63, 3.8) is 0 Å². The van der Waals surface area contributed by atoms with Crippen LogP contribution < -0.4 is 4.72 Å². The molecule has 1 N–H and O–H groups in total. The van der Waals surface area contributed by atoms with Gasteiger partial charge in [0.05, 0.1) is 24.1 Å². The first-order chi connectivity index (χ1) is 9.95. The van der Waals surface area contributed by atoms with Gasteiger partial charge in [-0.2, -0.15) is 0 Å². The van der Waals surface area contributed by atoms with E-state index < -0.39 is 16.0 Å². The molecule has 1 heterocycles. The summed E-state index contributed by atoms with van der Waals surface area (Å²) in [6.07, 6.45) is 3.29. The Morgan fingerprint density at radius 3 is 2.71 bits per heavy atom. The van der Waals surface area contributed by atoms with E-state index in [-0.39, 0.29) is 17.0 Å². The average molecular weight is 309 g/mol. The number of rotatable bonds is 5. The van der Waals surface area contributed by atoms with Crippen LogP contribution in [0.15, 0.2) is 41.6 Å². The Bertz CT molecular complexity index is 752. The molecule has 1 aromatic heterocycles. The molecule has 8 heteroatoms. The van der Waals surface area contributed by atoms with Crippen LogP contribution in [-0.2, 0) is 28.4 Å². The fraction of sp³-hybridized carbons (Fsp3) is 0.231. The number of esters is 1. The van der Waals surface area contributed by atoms with Gasteiger partial charge in [-0.3, -0.25) is 0 Å². The lowest BCUT2D eigenvalue weighted by Gasteiger charge is -2.10. The van der Waals surface area contributed by atoms with E-state index in [1.807, 2.05) is 0 Å². The van der Waals surface area contributed by atoms with E-state index >= 15 is 0 Å². The van der Waals surface area contributed by atoms with Crippen molar-refractivity contribution in [3.8, 4) is 0 Å². The van der Waals surface area contributed by atoms with Gasteiger partial charge in [-0.05, 0) is 12.1 Å². The first-order valence-corrected chi connectivity index (χ1v) is 7.57. The predicted octanol–water partition coefficient (Wildman–Crippen LogP) is 0.685. The minimum Gasteiger partial charge on any atom is -0.465 e. The number of ether oxygens (including phenoxy) is 1. The molecule has 2 rings (SSSR count). The summed E-state index contributed by atoms with van der Waals surface area (Å²) in [5.74, 6) is -0.137. The van der Waals surface area contributed by atoms with Gasteiger partial charge in [0.1, 0.15) is 5.82 Å². The number of sulfonamides is 1. The summed E-state index contributed by atoms with van der Waals surface area (Å²) in [6.45, 7) is 0.0291. The van der Waals surface area contributed by atoms with E-state index in [0.29, 0.717) is 5.82 Å². The number of hydrogen-bond acceptors (Lipinski definition) is 5. The molecule has 21 heavy (non-hydrogen) atoms. The van der Waals surface area contributed by atoms with Crippen LogP contribution >= 0.6 is 0 Å². The molecule has 0 saturated carbocycles. The summed E-state index contributed by atoms with van der Waals surface area (Å²) < 4.78 is 33.4. The van der Waals surface area contributed by atoms with Gasteiger partial charge in [0, 0.05) is 19.4 Å². The zero-order valence-electron chi connectivity index (χ0n) is 11.6. The molecule has 2 aromatic rings. The first-order valence-electron chi connectivity index (χ1n) is 6.09. The molecular weight excluding hydrogens is 294 g/mol. The summed E-state index contributed by atoms with van der Waals surface area (Å²) >= 11 is 0. The summed E-state index contributed by atoms with van der Waals surface area (Å²) in [4.78, 5) is 15.5. The van der Waals surface area contributed by atoms with E-state index in [2.05, 4.69) is 14.4 Å². The third kappa shape index (κ3) is 3.29. The molecule has 0 saturated heterocycles. The number of imidazole rings is 1. The van der Waals surface area contributed by atoms with E-state index in [4.69, 9.17) is 0 Å². The maximum atomic E-state index is 12.3. The molecule has 0 unspecified atom stereocenters. The molecule has 0 aliphatic heterocycles. The number of nitrogens with one attached hydrogen (secondary N) is 1. The molecule has 0 bridgehead atoms. The smallest absolute Gasteiger partial charge is 0.339 e. The van der Waals surface area contributed by atoms with Crippen molar-refractivity contribution >= 4 is 16.0 Å². The number of hydrogen-bond donors (Lipinski definition) is 1. The van der Waals surface area contributed by atoms with Crippen LogP contribution in [0.1, 0.15) is 16.2 Å². The van der Waals surface area contributed by atoms with Crippen molar-refractivity contribution in [2.75, 3.05) is 7.11 Å². The minimum atomic E-state index is -3.84. The zero-order valence-corrected chi connectivity index (χ0v) is 12.4. The highest BCUT2D eigenvalue weighted by Crippen LogP contribution is 2.16. The lowest BCUT2D eigenvalue weighted by Crippen LogP contribution is -2.26. The Balaban J connectivity index is 2.28. The van der Waals surface area contributed by atoms with Gasteiger partial charge in [0.25, 0.3) is 0 Å². The SMILES string of the molecule is COC(=O)c1ccccc1S(=O)(=O)NCc1nccn1C. The van der Waals surface area contributed by atoms with Crippen molar-refractivity contribution in [3.05, 3.63) is 48.0 Å². The van der Waals surface area contributed by atoms with Crippen molar-refractivity contribution in [2.45, 2.75) is 11.4 Å². The number of aromatic nitrogens is 2. The fourth-order valence-corrected chi connectivity index (χ4v) is 2.96. The van der Waals surface area contributed by atoms with Gasteiger partial charge in [-0.15, -0.1) is 0 Å². The molecule has 112 valence electrons. The van der Waals surface area contributed by atoms with Gasteiger partial charge in [0.15, 0.2) is 0 Å². The Morgan fingerprint density at radius 2 is 2.10 bits per heavy atom. The topological polar surface area (TPSA) is 90.3 Å². The predicted molar refractivity (Wildman–Crippen MR) is 75.0 cm³/mol. The summed E-state index contributed by atoms with van der Waals surface area (Å²) in [7, 11) is -0.879. The average Bonchev–Trinajstić information content (AvgIpc) is 2.90. The van der Waals surface area contributed by atoms with E-state index in [1.165, 1.54) is 19.2 Å². The molecule has 0 aliphatic carbocycles. The minimum absolute atomic E-state index is 0.00709. The second kappa shape index (κ2) is 6.06. The zero-order chi connectivity index (χ0) is 15.5. The summed E-state index contributed by atoms with van der Waals surface area (Å²) in [5, 5.41) is 0. The van der Waals surface area contributed by atoms with Crippen molar-refractivity contribution in [1.82, 2.24) is 14.3 Å². The highest BCUT2D eigenvalue weighted by atomic mass is 32.2. The largest absolute Gasteiger partial charge is 0.465 e. The number of methoxy groups -OCH3 is 1. The molecule has 1 aromatic carbocycles. The Kier molecular flexibility index (Phi) is 4.39. The van der Waals surface area contributed by atoms with Crippen molar-refractivity contribution in [1.29, 1.82) is 0 Å². The monoisotopic (exact) mass is 309 g/mol. The fourth-order valence-electron chi connectivity index (χ4n) is 1.78. The normalized spacial score (nSPS) is 11.3. The van der Waals surface area contributed by atoms with Gasteiger partial charge in [-0.25, -0.2) is 22.9 Å². The molecule has 0 amide bonds. The van der Waals surface area contributed by atoms with Gasteiger partial charge >= 0.3 is 5.97 Å². The molecule has 0 radical (unpaired) electrons. The van der Waals surface area contributed by atoms with Crippen LogP contribution in [0, 0.1) is 0 Å². The van der Waals surface area contributed by atoms with Crippen LogP contribution in [0.5, 0.6) is 0 Å². The Morgan fingerprint density at radius 1 is 1.38 bits per heavy atom. The molecule has 0 fully saturated rings. The maximum absolute atomic E-state index is 12.3. The second-order valence-electron chi connectivity index (χ2n) is 4.27. The summed E-state index contributed by atoms with van der Waals surface area (Å²) in [6, 6.07) is 5.87. The standard InChI is InChI=1S/C13H15N3O4S/c1-16-8-7-14-12(16)9-15-21(18,19)11-6-4-3-5-10(11)13(17)20-2/h3-8,15H,9H2,1-2H3.